The highest BCUT2D eigenvalue weighted by atomic mass is 32.1. The third-order valence-corrected chi connectivity index (χ3v) is 4.41. The minimum atomic E-state index is -0.245. The molecule has 1 fully saturated rings. The molecule has 0 spiro atoms. The Morgan fingerprint density at radius 3 is 2.89 bits per heavy atom. The Kier molecular flexibility index (Phi) is 4.74. The summed E-state index contributed by atoms with van der Waals surface area (Å²) < 4.78 is 4.78. The monoisotopic (exact) mass is 269 g/mol. The maximum Gasteiger partial charge on any atom is 0.348 e. The van der Waals surface area contributed by atoms with Gasteiger partial charge in [0.05, 0.1) is 7.11 Å². The summed E-state index contributed by atoms with van der Waals surface area (Å²) in [6, 6.07) is 2.00. The normalized spacial score (nSPS) is 17.9. The topological polar surface area (TPSA) is 49.8 Å². The molecule has 0 bridgehead atoms. The van der Waals surface area contributed by atoms with Crippen LogP contribution in [0.3, 0.4) is 0 Å². The van der Waals surface area contributed by atoms with Gasteiger partial charge in [-0.15, -0.1) is 11.3 Å². The van der Waals surface area contributed by atoms with Gasteiger partial charge >= 0.3 is 5.97 Å². The summed E-state index contributed by atoms with van der Waals surface area (Å²) in [5.74, 6) is 0.203. The predicted molar refractivity (Wildman–Crippen MR) is 70.7 cm³/mol. The average Bonchev–Trinajstić information content (AvgIpc) is 2.87. The minimum Gasteiger partial charge on any atom is -0.465 e. The number of thiophene rings is 1. The highest BCUT2D eigenvalue weighted by Crippen LogP contribution is 2.23. The third-order valence-electron chi connectivity index (χ3n) is 3.48. The number of methoxy groups -OCH3 is 1. The van der Waals surface area contributed by atoms with Crippen LogP contribution in [0.2, 0.25) is 0 Å². The lowest BCUT2D eigenvalue weighted by Gasteiger charge is -2.30. The smallest absolute Gasteiger partial charge is 0.348 e. The Labute approximate surface area is 111 Å². The Morgan fingerprint density at radius 2 is 2.28 bits per heavy atom. The van der Waals surface area contributed by atoms with Gasteiger partial charge in [-0.1, -0.05) is 0 Å². The summed E-state index contributed by atoms with van der Waals surface area (Å²) in [5.41, 5.74) is 1.05. The summed E-state index contributed by atoms with van der Waals surface area (Å²) >= 11 is 1.43. The molecule has 1 aliphatic heterocycles. The molecule has 1 N–H and O–H groups in total. The molecule has 4 nitrogen and oxygen atoms in total. The number of piperidine rings is 1. The maximum atomic E-state index is 11.6. The van der Waals surface area contributed by atoms with Gasteiger partial charge in [0.25, 0.3) is 0 Å². The number of ether oxygens (including phenoxy) is 1. The first kappa shape index (κ1) is 13.5. The first-order valence-corrected chi connectivity index (χ1v) is 7.10. The van der Waals surface area contributed by atoms with Gasteiger partial charge in [-0.2, -0.15) is 0 Å². The van der Waals surface area contributed by atoms with Crippen molar-refractivity contribution in [1.29, 1.82) is 0 Å². The molecule has 0 atom stereocenters. The van der Waals surface area contributed by atoms with Crippen molar-refractivity contribution in [3.05, 3.63) is 21.9 Å². The van der Waals surface area contributed by atoms with E-state index < -0.39 is 0 Å². The van der Waals surface area contributed by atoms with E-state index >= 15 is 0 Å². The number of hydrogen-bond acceptors (Lipinski definition) is 5. The van der Waals surface area contributed by atoms with Crippen LogP contribution in [0.15, 0.2) is 11.4 Å². The van der Waals surface area contributed by atoms with Crippen LogP contribution in [0.1, 0.15) is 28.1 Å². The van der Waals surface area contributed by atoms with Crippen molar-refractivity contribution in [1.82, 2.24) is 4.90 Å². The van der Waals surface area contributed by atoms with Crippen LogP contribution in [-0.4, -0.2) is 42.8 Å². The second-order valence-electron chi connectivity index (χ2n) is 4.67. The average molecular weight is 269 g/mol. The molecule has 2 rings (SSSR count). The minimum absolute atomic E-state index is 0.245. The summed E-state index contributed by atoms with van der Waals surface area (Å²) in [4.78, 5) is 14.6. The second-order valence-corrected chi connectivity index (χ2v) is 5.58. The van der Waals surface area contributed by atoms with Crippen LogP contribution < -0.4 is 0 Å². The maximum absolute atomic E-state index is 11.6. The lowest BCUT2D eigenvalue weighted by molar-refractivity contribution is 0.0603. The molecule has 0 amide bonds. The lowest BCUT2D eigenvalue weighted by atomic mass is 9.97. The van der Waals surface area contributed by atoms with Crippen LogP contribution in [0.25, 0.3) is 0 Å². The Bertz CT molecular complexity index is 397. The lowest BCUT2D eigenvalue weighted by Crippen LogP contribution is -2.34. The van der Waals surface area contributed by atoms with Gasteiger partial charge in [-0.05, 0) is 48.9 Å². The zero-order valence-corrected chi connectivity index (χ0v) is 11.4. The molecule has 1 saturated heterocycles. The van der Waals surface area contributed by atoms with Gasteiger partial charge in [0.15, 0.2) is 0 Å². The van der Waals surface area contributed by atoms with Crippen molar-refractivity contribution < 1.29 is 14.6 Å². The van der Waals surface area contributed by atoms with Gasteiger partial charge in [0, 0.05) is 13.2 Å². The molecule has 2 heterocycles. The molecule has 0 unspecified atom stereocenters. The fourth-order valence-corrected chi connectivity index (χ4v) is 3.13. The molecule has 0 aromatic carbocycles. The molecule has 1 aromatic heterocycles. The van der Waals surface area contributed by atoms with Crippen molar-refractivity contribution in [3.63, 3.8) is 0 Å². The van der Waals surface area contributed by atoms with Crippen LogP contribution in [0.5, 0.6) is 0 Å². The summed E-state index contributed by atoms with van der Waals surface area (Å²) in [5, 5.41) is 11.0. The van der Waals surface area contributed by atoms with E-state index in [1.807, 2.05) is 11.4 Å². The van der Waals surface area contributed by atoms with E-state index in [1.54, 1.807) is 0 Å². The molecule has 0 saturated carbocycles. The number of likely N-dealkylation sites (tertiary alicyclic amines) is 1. The zero-order valence-electron chi connectivity index (χ0n) is 10.6. The molecule has 1 aliphatic rings. The molecule has 0 aliphatic carbocycles. The molecular formula is C13H19NO3S. The number of carbonyl (C=O) groups is 1. The highest BCUT2D eigenvalue weighted by molar-refractivity contribution is 7.12. The molecule has 0 radical (unpaired) electrons. The van der Waals surface area contributed by atoms with E-state index in [0.717, 1.165) is 38.0 Å². The van der Waals surface area contributed by atoms with E-state index in [4.69, 9.17) is 9.84 Å². The second kappa shape index (κ2) is 6.31. The number of carbonyl (C=O) groups excluding carboxylic acids is 1. The number of hydrogen-bond donors (Lipinski definition) is 1. The molecular weight excluding hydrogens is 250 g/mol. The first-order chi connectivity index (χ1) is 8.74. The van der Waals surface area contributed by atoms with E-state index in [9.17, 15) is 4.79 Å². The van der Waals surface area contributed by atoms with E-state index in [2.05, 4.69) is 4.90 Å². The number of aliphatic hydroxyl groups excluding tert-OH is 1. The van der Waals surface area contributed by atoms with Crippen molar-refractivity contribution in [3.8, 4) is 0 Å². The molecule has 5 heteroatoms. The van der Waals surface area contributed by atoms with Gasteiger partial charge in [-0.25, -0.2) is 4.79 Å². The van der Waals surface area contributed by atoms with Crippen LogP contribution in [-0.2, 0) is 11.3 Å². The van der Waals surface area contributed by atoms with Crippen LogP contribution in [0.4, 0.5) is 0 Å². The Morgan fingerprint density at radius 1 is 1.56 bits per heavy atom. The number of rotatable bonds is 4. The Hall–Kier alpha value is -0.910. The predicted octanol–water partition coefficient (Wildman–Crippen LogP) is 1.74. The number of nitrogens with zero attached hydrogens (tertiary/aromatic N) is 1. The largest absolute Gasteiger partial charge is 0.465 e. The van der Waals surface area contributed by atoms with Crippen molar-refractivity contribution in [2.75, 3.05) is 26.8 Å². The fourth-order valence-electron chi connectivity index (χ4n) is 2.30. The van der Waals surface area contributed by atoms with Crippen LogP contribution >= 0.6 is 11.3 Å². The van der Waals surface area contributed by atoms with E-state index in [1.165, 1.54) is 18.4 Å². The van der Waals surface area contributed by atoms with Crippen molar-refractivity contribution in [2.45, 2.75) is 19.4 Å². The first-order valence-electron chi connectivity index (χ1n) is 6.22. The quantitative estimate of drug-likeness (QED) is 0.846. The van der Waals surface area contributed by atoms with Gasteiger partial charge in [0.2, 0.25) is 0 Å². The summed E-state index contributed by atoms with van der Waals surface area (Å²) in [6.07, 6.45) is 2.07. The Balaban J connectivity index is 1.94. The van der Waals surface area contributed by atoms with Gasteiger partial charge in [-0.3, -0.25) is 4.90 Å². The van der Waals surface area contributed by atoms with E-state index in [0.29, 0.717) is 17.4 Å². The van der Waals surface area contributed by atoms with E-state index in [-0.39, 0.29) is 5.97 Å². The fraction of sp³-hybridized carbons (Fsp3) is 0.615. The molecule has 1 aromatic rings. The van der Waals surface area contributed by atoms with Crippen molar-refractivity contribution in [2.24, 2.45) is 5.92 Å². The number of aliphatic hydroxyl groups is 1. The third kappa shape index (κ3) is 3.10. The van der Waals surface area contributed by atoms with Crippen LogP contribution in [0, 0.1) is 5.92 Å². The molecule has 100 valence electrons. The van der Waals surface area contributed by atoms with Gasteiger partial charge in [0.1, 0.15) is 4.88 Å². The van der Waals surface area contributed by atoms with Gasteiger partial charge < -0.3 is 9.84 Å². The molecule has 18 heavy (non-hydrogen) atoms. The highest BCUT2D eigenvalue weighted by Gasteiger charge is 2.21. The SMILES string of the molecule is COC(=O)c1sccc1CN1CCC(CO)CC1. The summed E-state index contributed by atoms with van der Waals surface area (Å²) in [6.45, 7) is 3.06. The zero-order chi connectivity index (χ0) is 13.0. The number of esters is 1. The standard InChI is InChI=1S/C13H19NO3S/c1-17-13(16)12-11(4-7-18-12)8-14-5-2-10(9-15)3-6-14/h4,7,10,15H,2-3,5-6,8-9H2,1H3. The van der Waals surface area contributed by atoms with Crippen molar-refractivity contribution >= 4 is 17.3 Å². The summed E-state index contributed by atoms with van der Waals surface area (Å²) in [7, 11) is 1.42.